The molecule has 0 atom stereocenters. The molecule has 10 heteroatoms. The predicted octanol–water partition coefficient (Wildman–Crippen LogP) is 4.99. The van der Waals surface area contributed by atoms with Crippen LogP contribution in [0.4, 0.5) is 28.8 Å². The number of ketones is 1. The van der Waals surface area contributed by atoms with Crippen LogP contribution in [0.3, 0.4) is 0 Å². The summed E-state index contributed by atoms with van der Waals surface area (Å²) in [7, 11) is -1.35. The Hall–Kier alpha value is -3.89. The number of hydrogen-bond donors (Lipinski definition) is 2. The molecule has 6 rings (SSSR count). The summed E-state index contributed by atoms with van der Waals surface area (Å²) in [6, 6.07) is 17.0. The molecular weight excluding hydrogens is 514 g/mol. The molecule has 1 saturated heterocycles. The molecule has 0 spiro atoms. The van der Waals surface area contributed by atoms with E-state index in [2.05, 4.69) is 32.5 Å². The van der Waals surface area contributed by atoms with Gasteiger partial charge in [0.05, 0.1) is 10.6 Å². The van der Waals surface area contributed by atoms with Gasteiger partial charge in [0.15, 0.2) is 21.2 Å². The standard InChI is InChI=1S/C29H31N5O4S/c1-33-12-14-34(15-13-33)20-16-19(17-21(18-20)39(2,36)37)30-29-32-26-10-5-9-25(28(26)38-29)31-24-8-3-7-23-22(24)6-4-11-27(23)35/h3,5,7-10,16-18,31H,4,6,11-15H2,1-2H3,(H,30,32). The Morgan fingerprint density at radius 3 is 2.49 bits per heavy atom. The van der Waals surface area contributed by atoms with E-state index >= 15 is 0 Å². The number of carbonyl (C=O) groups is 1. The van der Waals surface area contributed by atoms with Crippen molar-refractivity contribution in [1.29, 1.82) is 0 Å². The zero-order valence-corrected chi connectivity index (χ0v) is 22.8. The highest BCUT2D eigenvalue weighted by Gasteiger charge is 2.21. The number of hydrogen-bond acceptors (Lipinski definition) is 9. The Balaban J connectivity index is 1.32. The van der Waals surface area contributed by atoms with Gasteiger partial charge in [-0.25, -0.2) is 8.42 Å². The van der Waals surface area contributed by atoms with Crippen LogP contribution in [0.5, 0.6) is 0 Å². The molecule has 0 amide bonds. The van der Waals surface area contributed by atoms with Gasteiger partial charge in [0.1, 0.15) is 5.52 Å². The van der Waals surface area contributed by atoms with E-state index in [9.17, 15) is 13.2 Å². The second kappa shape index (κ2) is 10.0. The van der Waals surface area contributed by atoms with E-state index in [-0.39, 0.29) is 16.7 Å². The molecule has 0 bridgehead atoms. The molecule has 9 nitrogen and oxygen atoms in total. The Bertz CT molecular complexity index is 1670. The van der Waals surface area contributed by atoms with E-state index in [1.807, 2.05) is 42.5 Å². The monoisotopic (exact) mass is 545 g/mol. The molecule has 1 aliphatic carbocycles. The molecule has 202 valence electrons. The van der Waals surface area contributed by atoms with Gasteiger partial charge in [-0.1, -0.05) is 18.2 Å². The van der Waals surface area contributed by atoms with Crippen LogP contribution in [0, 0.1) is 0 Å². The van der Waals surface area contributed by atoms with Crippen molar-refractivity contribution in [1.82, 2.24) is 9.88 Å². The van der Waals surface area contributed by atoms with E-state index in [4.69, 9.17) is 4.42 Å². The maximum atomic E-state index is 12.5. The molecule has 2 N–H and O–H groups in total. The number of nitrogens with zero attached hydrogens (tertiary/aromatic N) is 3. The Morgan fingerprint density at radius 1 is 0.923 bits per heavy atom. The lowest BCUT2D eigenvalue weighted by atomic mass is 9.89. The second-order valence-electron chi connectivity index (χ2n) is 10.3. The van der Waals surface area contributed by atoms with Crippen molar-refractivity contribution in [3.8, 4) is 0 Å². The average Bonchev–Trinajstić information content (AvgIpc) is 3.32. The fourth-order valence-electron chi connectivity index (χ4n) is 5.28. The van der Waals surface area contributed by atoms with Crippen LogP contribution in [0.2, 0.25) is 0 Å². The highest BCUT2D eigenvalue weighted by atomic mass is 32.2. The molecule has 0 radical (unpaired) electrons. The number of piperazine rings is 1. The fraction of sp³-hybridized carbons (Fsp3) is 0.310. The summed E-state index contributed by atoms with van der Waals surface area (Å²) in [5.74, 6) is 0.177. The zero-order chi connectivity index (χ0) is 27.1. The third-order valence-electron chi connectivity index (χ3n) is 7.43. The van der Waals surface area contributed by atoms with Crippen LogP contribution < -0.4 is 15.5 Å². The number of benzene rings is 3. The number of rotatable bonds is 6. The van der Waals surface area contributed by atoms with E-state index in [0.717, 1.165) is 67.2 Å². The molecule has 0 saturated carbocycles. The number of carbonyl (C=O) groups excluding carboxylic acids is 1. The van der Waals surface area contributed by atoms with Crippen molar-refractivity contribution in [3.05, 3.63) is 65.7 Å². The van der Waals surface area contributed by atoms with Crippen LogP contribution in [0.25, 0.3) is 11.1 Å². The number of fused-ring (bicyclic) bond motifs is 2. The zero-order valence-electron chi connectivity index (χ0n) is 22.0. The summed E-state index contributed by atoms with van der Waals surface area (Å²) in [5, 5.41) is 6.64. The molecule has 39 heavy (non-hydrogen) atoms. The van der Waals surface area contributed by atoms with Gasteiger partial charge < -0.3 is 24.9 Å². The number of Topliss-reactive ketones (excluding diaryl/α,β-unsaturated/α-hetero) is 1. The number of aromatic nitrogens is 1. The van der Waals surface area contributed by atoms with Crippen LogP contribution in [0.1, 0.15) is 28.8 Å². The number of nitrogens with one attached hydrogen (secondary N) is 2. The molecule has 3 aromatic carbocycles. The summed E-state index contributed by atoms with van der Waals surface area (Å²) in [6.45, 7) is 3.45. The first-order valence-electron chi connectivity index (χ1n) is 13.1. The third kappa shape index (κ3) is 5.22. The van der Waals surface area contributed by atoms with Crippen molar-refractivity contribution in [2.75, 3.05) is 55.0 Å². The fourth-order valence-corrected chi connectivity index (χ4v) is 5.96. The van der Waals surface area contributed by atoms with Gasteiger partial charge in [0, 0.05) is 61.5 Å². The van der Waals surface area contributed by atoms with Gasteiger partial charge in [-0.3, -0.25) is 4.79 Å². The lowest BCUT2D eigenvalue weighted by Crippen LogP contribution is -2.44. The molecule has 2 aliphatic rings. The van der Waals surface area contributed by atoms with Crippen molar-refractivity contribution >= 4 is 55.5 Å². The molecule has 1 aliphatic heterocycles. The molecular formula is C29H31N5O4S. The topological polar surface area (TPSA) is 108 Å². The lowest BCUT2D eigenvalue weighted by Gasteiger charge is -2.34. The summed E-state index contributed by atoms with van der Waals surface area (Å²) in [4.78, 5) is 21.7. The van der Waals surface area contributed by atoms with Gasteiger partial charge in [-0.05, 0) is 61.9 Å². The first kappa shape index (κ1) is 25.4. The largest absolute Gasteiger partial charge is 0.421 e. The van der Waals surface area contributed by atoms with Gasteiger partial charge in [-0.2, -0.15) is 4.98 Å². The van der Waals surface area contributed by atoms with E-state index in [1.54, 1.807) is 12.1 Å². The third-order valence-corrected chi connectivity index (χ3v) is 8.52. The van der Waals surface area contributed by atoms with Crippen LogP contribution in [-0.2, 0) is 16.3 Å². The summed E-state index contributed by atoms with van der Waals surface area (Å²) < 4.78 is 31.1. The van der Waals surface area contributed by atoms with E-state index in [1.165, 1.54) is 6.26 Å². The first-order chi connectivity index (χ1) is 18.7. The Kier molecular flexibility index (Phi) is 6.52. The highest BCUT2D eigenvalue weighted by molar-refractivity contribution is 7.90. The van der Waals surface area contributed by atoms with Crippen molar-refractivity contribution < 1.29 is 17.6 Å². The summed E-state index contributed by atoms with van der Waals surface area (Å²) in [6.07, 6.45) is 3.48. The molecule has 0 unspecified atom stereocenters. The number of likely N-dealkylation sites (N-methyl/N-ethyl adjacent to an activating group) is 1. The van der Waals surface area contributed by atoms with Crippen LogP contribution in [0.15, 0.2) is 63.9 Å². The van der Waals surface area contributed by atoms with Gasteiger partial charge in [0.25, 0.3) is 6.01 Å². The number of anilines is 5. The number of para-hydroxylation sites is 1. The van der Waals surface area contributed by atoms with E-state index in [0.29, 0.717) is 23.2 Å². The minimum absolute atomic E-state index is 0.177. The maximum Gasteiger partial charge on any atom is 0.300 e. The predicted molar refractivity (Wildman–Crippen MR) is 154 cm³/mol. The van der Waals surface area contributed by atoms with Gasteiger partial charge in [-0.15, -0.1) is 0 Å². The number of oxazole rings is 1. The molecule has 4 aromatic rings. The molecule has 2 heterocycles. The maximum absolute atomic E-state index is 12.5. The highest BCUT2D eigenvalue weighted by Crippen LogP contribution is 2.35. The molecule has 1 fully saturated rings. The van der Waals surface area contributed by atoms with Crippen molar-refractivity contribution in [2.24, 2.45) is 0 Å². The minimum atomic E-state index is -3.43. The average molecular weight is 546 g/mol. The lowest BCUT2D eigenvalue weighted by molar-refractivity contribution is 0.0972. The SMILES string of the molecule is CN1CCN(c2cc(Nc3nc4cccc(Nc5cccc6c5CCCC6=O)c4o3)cc(S(C)(=O)=O)c2)CC1. The van der Waals surface area contributed by atoms with Crippen molar-refractivity contribution in [3.63, 3.8) is 0 Å². The Morgan fingerprint density at radius 2 is 1.69 bits per heavy atom. The van der Waals surface area contributed by atoms with Gasteiger partial charge >= 0.3 is 0 Å². The normalized spacial score (nSPS) is 16.4. The first-order valence-corrected chi connectivity index (χ1v) is 15.0. The summed E-state index contributed by atoms with van der Waals surface area (Å²) >= 11 is 0. The second-order valence-corrected chi connectivity index (χ2v) is 12.3. The minimum Gasteiger partial charge on any atom is -0.421 e. The van der Waals surface area contributed by atoms with E-state index < -0.39 is 9.84 Å². The van der Waals surface area contributed by atoms with Crippen LogP contribution in [-0.4, -0.2) is 63.6 Å². The molecule has 1 aromatic heterocycles. The van der Waals surface area contributed by atoms with Crippen LogP contribution >= 0.6 is 0 Å². The smallest absolute Gasteiger partial charge is 0.300 e. The van der Waals surface area contributed by atoms with Crippen molar-refractivity contribution in [2.45, 2.75) is 24.2 Å². The van der Waals surface area contributed by atoms with Gasteiger partial charge in [0.2, 0.25) is 0 Å². The Labute approximate surface area is 227 Å². The number of sulfone groups is 1. The summed E-state index contributed by atoms with van der Waals surface area (Å²) in [5.41, 5.74) is 6.08. The quantitative estimate of drug-likeness (QED) is 0.346.